The summed E-state index contributed by atoms with van der Waals surface area (Å²) in [5, 5.41) is 4.44. The van der Waals surface area contributed by atoms with E-state index in [4.69, 9.17) is 11.6 Å². The van der Waals surface area contributed by atoms with Crippen LogP contribution < -0.4 is 5.32 Å². The van der Waals surface area contributed by atoms with Crippen LogP contribution in [0.4, 0.5) is 10.1 Å². The number of hydrogen-bond acceptors (Lipinski definition) is 6. The zero-order valence-corrected chi connectivity index (χ0v) is 17.6. The average molecular weight is 461 g/mol. The number of thiazole rings is 1. The molecule has 2 aromatic rings. The molecule has 0 saturated heterocycles. The monoisotopic (exact) mass is 460 g/mol. The van der Waals surface area contributed by atoms with E-state index < -0.39 is 21.9 Å². The molecule has 0 radical (unpaired) electrons. The van der Waals surface area contributed by atoms with Crippen molar-refractivity contribution in [2.75, 3.05) is 23.9 Å². The van der Waals surface area contributed by atoms with E-state index in [0.29, 0.717) is 10.8 Å². The van der Waals surface area contributed by atoms with Crippen LogP contribution in [0.3, 0.4) is 0 Å². The van der Waals surface area contributed by atoms with Gasteiger partial charge in [-0.2, -0.15) is 20.2 Å². The van der Waals surface area contributed by atoms with Gasteiger partial charge < -0.3 is 5.32 Å². The number of carbonyl (C=O) groups excluding carboxylic acids is 1. The highest BCUT2D eigenvalue weighted by molar-refractivity contribution is 7.98. The lowest BCUT2D eigenvalue weighted by Gasteiger charge is -2.26. The van der Waals surface area contributed by atoms with E-state index >= 15 is 0 Å². The van der Waals surface area contributed by atoms with Crippen molar-refractivity contribution < 1.29 is 17.6 Å². The molecule has 28 heavy (non-hydrogen) atoms. The molecule has 1 aliphatic rings. The third-order valence-corrected chi connectivity index (χ3v) is 6.63. The molecule has 1 aromatic carbocycles. The molecular weight excluding hydrogens is 447 g/mol. The predicted octanol–water partition coefficient (Wildman–Crippen LogP) is 3.17. The van der Waals surface area contributed by atoms with Gasteiger partial charge in [-0.1, -0.05) is 11.6 Å². The summed E-state index contributed by atoms with van der Waals surface area (Å²) in [5.74, 6) is -0.843. The fraction of sp³-hybridized carbons (Fsp3) is 0.188. The Bertz CT molecular complexity index is 1060. The highest BCUT2D eigenvalue weighted by atomic mass is 35.5. The van der Waals surface area contributed by atoms with Gasteiger partial charge >= 0.3 is 10.2 Å². The fourth-order valence-corrected chi connectivity index (χ4v) is 4.84. The summed E-state index contributed by atoms with van der Waals surface area (Å²) in [6.45, 7) is 0.0710. The first kappa shape index (κ1) is 20.8. The van der Waals surface area contributed by atoms with E-state index in [1.165, 1.54) is 47.5 Å². The summed E-state index contributed by atoms with van der Waals surface area (Å²) < 4.78 is 43.4. The zero-order chi connectivity index (χ0) is 20.3. The largest absolute Gasteiger partial charge is 0.345 e. The Hall–Kier alpha value is -1.95. The molecule has 0 saturated carbocycles. The second kappa shape index (κ2) is 8.60. The van der Waals surface area contributed by atoms with Crippen LogP contribution in [0, 0.1) is 5.82 Å². The standard InChI is InChI=1S/C16H14ClFN4O3S3/c1-26-7-5-22-14(15(23)20-10-2-3-12(18)11(17)8-10)9-13(21-28(22,24)25)16-19-4-6-27-16/h2-4,6,8-9H,5,7H2,1H3,(H,20,23). The molecule has 0 bridgehead atoms. The number of halogens is 2. The van der Waals surface area contributed by atoms with Crippen LogP contribution >= 0.6 is 34.7 Å². The molecule has 2 heterocycles. The van der Waals surface area contributed by atoms with E-state index in [1.807, 2.05) is 6.26 Å². The third kappa shape index (κ3) is 4.54. The van der Waals surface area contributed by atoms with Crippen LogP contribution in [-0.2, 0) is 15.0 Å². The second-order valence-corrected chi connectivity index (χ2v) is 9.28. The summed E-state index contributed by atoms with van der Waals surface area (Å²) in [5.41, 5.74) is 0.213. The van der Waals surface area contributed by atoms with Crippen molar-refractivity contribution in [1.82, 2.24) is 9.29 Å². The van der Waals surface area contributed by atoms with Gasteiger partial charge in [-0.25, -0.2) is 13.7 Å². The molecule has 7 nitrogen and oxygen atoms in total. The highest BCUT2D eigenvalue weighted by Crippen LogP contribution is 2.25. The maximum Gasteiger partial charge on any atom is 0.345 e. The van der Waals surface area contributed by atoms with Crippen molar-refractivity contribution in [2.45, 2.75) is 0 Å². The van der Waals surface area contributed by atoms with Crippen LogP contribution in [0.25, 0.3) is 0 Å². The van der Waals surface area contributed by atoms with Crippen molar-refractivity contribution in [3.63, 3.8) is 0 Å². The molecule has 1 N–H and O–H groups in total. The summed E-state index contributed by atoms with van der Waals surface area (Å²) in [6, 6.07) is 3.69. The van der Waals surface area contributed by atoms with Crippen LogP contribution in [0.15, 0.2) is 45.9 Å². The maximum absolute atomic E-state index is 13.3. The Kier molecular flexibility index (Phi) is 6.38. The van der Waals surface area contributed by atoms with Crippen molar-refractivity contribution in [2.24, 2.45) is 4.40 Å². The Balaban J connectivity index is 1.97. The van der Waals surface area contributed by atoms with Crippen LogP contribution in [-0.4, -0.2) is 47.9 Å². The van der Waals surface area contributed by atoms with Gasteiger partial charge in [0.2, 0.25) is 0 Å². The molecule has 3 rings (SSSR count). The van der Waals surface area contributed by atoms with Gasteiger partial charge in [0.15, 0.2) is 0 Å². The molecule has 1 aliphatic heterocycles. The number of rotatable bonds is 6. The molecular formula is C16H14ClFN4O3S3. The van der Waals surface area contributed by atoms with E-state index in [-0.39, 0.29) is 28.7 Å². The fourth-order valence-electron chi connectivity index (χ4n) is 2.33. The topological polar surface area (TPSA) is 91.7 Å². The molecule has 1 aromatic heterocycles. The number of aromatic nitrogens is 1. The van der Waals surface area contributed by atoms with E-state index in [0.717, 1.165) is 10.4 Å². The smallest absolute Gasteiger partial charge is 0.321 e. The first-order valence-electron chi connectivity index (χ1n) is 7.81. The van der Waals surface area contributed by atoms with Gasteiger partial charge in [-0.15, -0.1) is 15.7 Å². The van der Waals surface area contributed by atoms with Gasteiger partial charge in [0, 0.05) is 29.6 Å². The van der Waals surface area contributed by atoms with Crippen molar-refractivity contribution in [1.29, 1.82) is 0 Å². The number of benzene rings is 1. The maximum atomic E-state index is 13.3. The second-order valence-electron chi connectivity index (χ2n) is 5.47. The van der Waals surface area contributed by atoms with Crippen LogP contribution in [0.1, 0.15) is 5.01 Å². The van der Waals surface area contributed by atoms with Crippen molar-refractivity contribution in [3.8, 4) is 0 Å². The highest BCUT2D eigenvalue weighted by Gasteiger charge is 2.33. The number of hydrogen-bond donors (Lipinski definition) is 1. The summed E-state index contributed by atoms with van der Waals surface area (Å²) in [7, 11) is -4.11. The predicted molar refractivity (Wildman–Crippen MR) is 111 cm³/mol. The minimum atomic E-state index is -4.11. The minimum Gasteiger partial charge on any atom is -0.321 e. The molecule has 0 atom stereocenters. The lowest BCUT2D eigenvalue weighted by molar-refractivity contribution is -0.113. The van der Waals surface area contributed by atoms with Gasteiger partial charge in [-0.3, -0.25) is 4.79 Å². The molecule has 1 amide bonds. The SMILES string of the molecule is CSCCN1C(C(=O)Nc2ccc(F)c(Cl)c2)=CC(c2nccs2)=NS1(=O)=O. The summed E-state index contributed by atoms with van der Waals surface area (Å²) in [6.07, 6.45) is 4.72. The lowest BCUT2D eigenvalue weighted by atomic mass is 10.2. The van der Waals surface area contributed by atoms with Crippen LogP contribution in [0.2, 0.25) is 5.02 Å². The van der Waals surface area contributed by atoms with Crippen molar-refractivity contribution >= 4 is 62.2 Å². The molecule has 0 spiro atoms. The van der Waals surface area contributed by atoms with Gasteiger partial charge in [-0.05, 0) is 30.5 Å². The average Bonchev–Trinajstić information content (AvgIpc) is 3.17. The van der Waals surface area contributed by atoms with Gasteiger partial charge in [0.05, 0.1) is 5.02 Å². The Morgan fingerprint density at radius 2 is 2.21 bits per heavy atom. The molecule has 0 unspecified atom stereocenters. The van der Waals surface area contributed by atoms with E-state index in [2.05, 4.69) is 14.7 Å². The number of carbonyl (C=O) groups is 1. The summed E-state index contributed by atoms with van der Waals surface area (Å²) in [4.78, 5) is 16.9. The normalized spacial score (nSPS) is 15.8. The molecule has 0 aliphatic carbocycles. The Morgan fingerprint density at radius 1 is 1.43 bits per heavy atom. The third-order valence-electron chi connectivity index (χ3n) is 3.59. The number of anilines is 1. The minimum absolute atomic E-state index is 0.0710. The quantitative estimate of drug-likeness (QED) is 0.714. The van der Waals surface area contributed by atoms with E-state index in [1.54, 1.807) is 5.38 Å². The zero-order valence-electron chi connectivity index (χ0n) is 14.4. The summed E-state index contributed by atoms with van der Waals surface area (Å²) >= 11 is 8.38. The first-order valence-corrected chi connectivity index (χ1v) is 11.9. The molecule has 12 heteroatoms. The number of nitrogens with one attached hydrogen (secondary N) is 1. The Morgan fingerprint density at radius 3 is 2.86 bits per heavy atom. The van der Waals surface area contributed by atoms with Gasteiger partial charge in [0.1, 0.15) is 22.2 Å². The number of nitrogens with zero attached hydrogens (tertiary/aromatic N) is 3. The van der Waals surface area contributed by atoms with Crippen LogP contribution in [0.5, 0.6) is 0 Å². The first-order chi connectivity index (χ1) is 13.3. The lowest BCUT2D eigenvalue weighted by Crippen LogP contribution is -2.39. The number of amides is 1. The van der Waals surface area contributed by atoms with Crippen molar-refractivity contribution in [3.05, 3.63) is 57.4 Å². The Labute approximate surface area is 174 Å². The van der Waals surface area contributed by atoms with E-state index in [9.17, 15) is 17.6 Å². The number of thioether (sulfide) groups is 1. The molecule has 0 fully saturated rings. The molecule has 148 valence electrons. The number of allylic oxidation sites excluding steroid dienone is 1. The van der Waals surface area contributed by atoms with Gasteiger partial charge in [0.25, 0.3) is 5.91 Å².